The van der Waals surface area contributed by atoms with Crippen molar-refractivity contribution < 1.29 is 14.7 Å². The molecule has 4 rings (SSSR count). The number of carbonyl (C=O) groups is 2. The molecule has 33 heavy (non-hydrogen) atoms. The molecule has 8 heteroatoms. The van der Waals surface area contributed by atoms with Gasteiger partial charge in [-0.3, -0.25) is 4.98 Å². The Morgan fingerprint density at radius 2 is 1.94 bits per heavy atom. The molecule has 2 amide bonds. The standard InChI is InChI=1S/C25H28ClN3O3S/c1-33-14-10-21(24(30)31)28-25(32)29-12-8-16(9-13-29)22-20-7-6-19(26)15-18(20)5-4-17-3-2-11-27-23(17)22/h2-3,6-7,11,15,21H,4-5,8-10,12-14H2,1H3,(H,28,32)(H,30,31)/t21-/m1/s1. The van der Waals surface area contributed by atoms with Crippen LogP contribution in [-0.2, 0) is 17.6 Å². The number of piperidine rings is 1. The van der Waals surface area contributed by atoms with Crippen LogP contribution in [0.25, 0.3) is 5.57 Å². The first-order valence-electron chi connectivity index (χ1n) is 11.2. The highest BCUT2D eigenvalue weighted by atomic mass is 35.5. The number of thioether (sulfide) groups is 1. The molecule has 0 bridgehead atoms. The Bertz CT molecular complexity index is 1080. The number of aromatic nitrogens is 1. The van der Waals surface area contributed by atoms with Gasteiger partial charge in [-0.05, 0) is 79.0 Å². The lowest BCUT2D eigenvalue weighted by Gasteiger charge is -2.31. The number of halogens is 1. The van der Waals surface area contributed by atoms with Crippen LogP contribution in [0.2, 0.25) is 5.02 Å². The number of carboxylic acid groups (broad SMARTS) is 1. The van der Waals surface area contributed by atoms with Gasteiger partial charge >= 0.3 is 12.0 Å². The van der Waals surface area contributed by atoms with Gasteiger partial charge in [0.2, 0.25) is 0 Å². The fourth-order valence-electron chi connectivity index (χ4n) is 4.60. The zero-order valence-corrected chi connectivity index (χ0v) is 20.2. The van der Waals surface area contributed by atoms with E-state index in [1.165, 1.54) is 27.8 Å². The van der Waals surface area contributed by atoms with Crippen molar-refractivity contribution in [3.05, 3.63) is 69.5 Å². The van der Waals surface area contributed by atoms with Gasteiger partial charge in [-0.25, -0.2) is 9.59 Å². The second-order valence-corrected chi connectivity index (χ2v) is 9.82. The predicted molar refractivity (Wildman–Crippen MR) is 133 cm³/mol. The molecule has 1 aliphatic carbocycles. The number of benzene rings is 1. The number of nitrogens with one attached hydrogen (secondary N) is 1. The van der Waals surface area contributed by atoms with Crippen LogP contribution in [0, 0.1) is 0 Å². The van der Waals surface area contributed by atoms with Crippen molar-refractivity contribution in [2.24, 2.45) is 0 Å². The lowest BCUT2D eigenvalue weighted by atomic mass is 9.88. The molecule has 0 spiro atoms. The highest BCUT2D eigenvalue weighted by molar-refractivity contribution is 7.98. The summed E-state index contributed by atoms with van der Waals surface area (Å²) in [5.41, 5.74) is 7.09. The first-order valence-corrected chi connectivity index (χ1v) is 13.0. The number of hydrogen-bond donors (Lipinski definition) is 2. The predicted octanol–water partition coefficient (Wildman–Crippen LogP) is 4.65. The normalized spacial score (nSPS) is 16.5. The van der Waals surface area contributed by atoms with E-state index in [9.17, 15) is 14.7 Å². The summed E-state index contributed by atoms with van der Waals surface area (Å²) in [7, 11) is 0. The first kappa shape index (κ1) is 23.6. The summed E-state index contributed by atoms with van der Waals surface area (Å²) in [6.07, 6.45) is 7.44. The summed E-state index contributed by atoms with van der Waals surface area (Å²) >= 11 is 7.87. The van der Waals surface area contributed by atoms with Crippen molar-refractivity contribution in [2.75, 3.05) is 25.1 Å². The van der Waals surface area contributed by atoms with Crippen molar-refractivity contribution in [1.29, 1.82) is 0 Å². The zero-order valence-electron chi connectivity index (χ0n) is 18.6. The third kappa shape index (κ3) is 5.36. The average Bonchev–Trinajstić information content (AvgIpc) is 2.98. The van der Waals surface area contributed by atoms with Gasteiger partial charge < -0.3 is 15.3 Å². The minimum Gasteiger partial charge on any atom is -0.480 e. The topological polar surface area (TPSA) is 82.5 Å². The lowest BCUT2D eigenvalue weighted by Crippen LogP contribution is -2.49. The molecular weight excluding hydrogens is 458 g/mol. The molecule has 2 N–H and O–H groups in total. The molecule has 174 valence electrons. The summed E-state index contributed by atoms with van der Waals surface area (Å²) in [6.45, 7) is 1.09. The smallest absolute Gasteiger partial charge is 0.326 e. The highest BCUT2D eigenvalue weighted by Gasteiger charge is 2.28. The van der Waals surface area contributed by atoms with Gasteiger partial charge in [0.25, 0.3) is 0 Å². The molecule has 2 aromatic rings. The Morgan fingerprint density at radius 1 is 1.18 bits per heavy atom. The molecule has 1 saturated heterocycles. The van der Waals surface area contributed by atoms with Gasteiger partial charge in [0.15, 0.2) is 0 Å². The number of urea groups is 1. The molecule has 2 heterocycles. The van der Waals surface area contributed by atoms with Crippen LogP contribution in [0.15, 0.2) is 42.1 Å². The fourth-order valence-corrected chi connectivity index (χ4v) is 5.26. The van der Waals surface area contributed by atoms with E-state index >= 15 is 0 Å². The maximum absolute atomic E-state index is 12.7. The Balaban J connectivity index is 1.57. The van der Waals surface area contributed by atoms with Gasteiger partial charge in [0, 0.05) is 29.9 Å². The second-order valence-electron chi connectivity index (χ2n) is 8.40. The third-order valence-electron chi connectivity index (χ3n) is 6.34. The summed E-state index contributed by atoms with van der Waals surface area (Å²) in [5, 5.41) is 12.9. The van der Waals surface area contributed by atoms with Gasteiger partial charge in [-0.15, -0.1) is 0 Å². The average molecular weight is 486 g/mol. The number of amides is 2. The van der Waals surface area contributed by atoms with Crippen LogP contribution in [0.5, 0.6) is 0 Å². The van der Waals surface area contributed by atoms with Crippen molar-refractivity contribution in [2.45, 2.75) is 38.1 Å². The fraction of sp³-hybridized carbons (Fsp3) is 0.400. The number of carboxylic acids is 1. The van der Waals surface area contributed by atoms with Gasteiger partial charge in [-0.2, -0.15) is 11.8 Å². The van der Waals surface area contributed by atoms with E-state index in [2.05, 4.69) is 17.4 Å². The Morgan fingerprint density at radius 3 is 2.67 bits per heavy atom. The number of hydrogen-bond acceptors (Lipinski definition) is 4. The van der Waals surface area contributed by atoms with E-state index in [-0.39, 0.29) is 6.03 Å². The molecule has 1 fully saturated rings. The Kier molecular flexibility index (Phi) is 7.60. The lowest BCUT2D eigenvalue weighted by molar-refractivity contribution is -0.139. The van der Waals surface area contributed by atoms with Gasteiger partial charge in [-0.1, -0.05) is 29.3 Å². The number of aryl methyl sites for hydroxylation is 2. The van der Waals surface area contributed by atoms with Crippen molar-refractivity contribution >= 4 is 40.9 Å². The van der Waals surface area contributed by atoms with E-state index in [0.717, 1.165) is 36.4 Å². The molecule has 0 unspecified atom stereocenters. The van der Waals surface area contributed by atoms with Gasteiger partial charge in [0.05, 0.1) is 5.69 Å². The number of rotatable bonds is 5. The number of nitrogens with zero attached hydrogens (tertiary/aromatic N) is 2. The Labute approximate surface area is 203 Å². The zero-order chi connectivity index (χ0) is 23.4. The first-order chi connectivity index (χ1) is 16.0. The van der Waals surface area contributed by atoms with Crippen LogP contribution >= 0.6 is 23.4 Å². The summed E-state index contributed by atoms with van der Waals surface area (Å²) in [5.74, 6) is -0.308. The summed E-state index contributed by atoms with van der Waals surface area (Å²) in [6, 6.07) is 9.02. The van der Waals surface area contributed by atoms with Crippen molar-refractivity contribution in [3.63, 3.8) is 0 Å². The largest absolute Gasteiger partial charge is 0.480 e. The maximum Gasteiger partial charge on any atom is 0.326 e. The third-order valence-corrected chi connectivity index (χ3v) is 7.22. The highest BCUT2D eigenvalue weighted by Crippen LogP contribution is 2.38. The van der Waals surface area contributed by atoms with Crippen molar-refractivity contribution in [3.8, 4) is 0 Å². The Hall–Kier alpha value is -2.51. The molecule has 1 aliphatic heterocycles. The SMILES string of the molecule is CSCC[C@@H](NC(=O)N1CCC(=C2c3ccc(Cl)cc3CCc3cccnc32)CC1)C(=O)O. The van der Waals surface area contributed by atoms with Gasteiger partial charge in [0.1, 0.15) is 6.04 Å². The minimum atomic E-state index is -0.992. The quantitative estimate of drug-likeness (QED) is 0.644. The minimum absolute atomic E-state index is 0.306. The van der Waals surface area contributed by atoms with Crippen molar-refractivity contribution in [1.82, 2.24) is 15.2 Å². The number of pyridine rings is 1. The summed E-state index contributed by atoms with van der Waals surface area (Å²) < 4.78 is 0. The van der Waals surface area contributed by atoms with Crippen LogP contribution in [0.3, 0.4) is 0 Å². The molecule has 2 aliphatic rings. The summed E-state index contributed by atoms with van der Waals surface area (Å²) in [4.78, 5) is 30.7. The van der Waals surface area contributed by atoms with E-state index in [0.29, 0.717) is 25.3 Å². The number of fused-ring (bicyclic) bond motifs is 2. The maximum atomic E-state index is 12.7. The molecule has 1 aromatic heterocycles. The molecular formula is C25H28ClN3O3S. The molecule has 0 radical (unpaired) electrons. The number of aliphatic carboxylic acids is 1. The number of likely N-dealkylation sites (tertiary alicyclic amines) is 1. The van der Waals surface area contributed by atoms with Crippen LogP contribution in [0.1, 0.15) is 41.6 Å². The number of carbonyl (C=O) groups excluding carboxylic acids is 1. The molecule has 1 atom stereocenters. The van der Waals surface area contributed by atoms with Crippen LogP contribution in [0.4, 0.5) is 4.79 Å². The van der Waals surface area contributed by atoms with Crippen LogP contribution in [-0.4, -0.2) is 58.1 Å². The monoisotopic (exact) mass is 485 g/mol. The van der Waals surface area contributed by atoms with E-state index in [4.69, 9.17) is 16.6 Å². The second kappa shape index (κ2) is 10.6. The van der Waals surface area contributed by atoms with E-state index in [1.807, 2.05) is 30.7 Å². The van der Waals surface area contributed by atoms with Crippen LogP contribution < -0.4 is 5.32 Å². The van der Waals surface area contributed by atoms with E-state index in [1.54, 1.807) is 16.7 Å². The molecule has 0 saturated carbocycles. The van der Waals surface area contributed by atoms with E-state index < -0.39 is 12.0 Å². The molecule has 1 aromatic carbocycles. The molecule has 6 nitrogen and oxygen atoms in total.